The summed E-state index contributed by atoms with van der Waals surface area (Å²) in [6, 6.07) is 12.4. The summed E-state index contributed by atoms with van der Waals surface area (Å²) in [7, 11) is 3.21. The molecule has 2 aromatic carbocycles. The first-order valence-electron chi connectivity index (χ1n) is 10.5. The van der Waals surface area contributed by atoms with Gasteiger partial charge < -0.3 is 14.2 Å². The number of benzene rings is 2. The average Bonchev–Trinajstić information content (AvgIpc) is 3.12. The maximum absolute atomic E-state index is 13.6. The number of carbonyl (C=O) groups excluding carboxylic acids is 1. The minimum atomic E-state index is -0.653. The quantitative estimate of drug-likeness (QED) is 0.325. The molecule has 1 atom stereocenters. The number of esters is 1. The number of halogens is 1. The summed E-state index contributed by atoms with van der Waals surface area (Å²) in [5.41, 5.74) is 2.31. The van der Waals surface area contributed by atoms with Crippen LogP contribution < -0.4 is 24.4 Å². The molecule has 1 aromatic heterocycles. The highest BCUT2D eigenvalue weighted by molar-refractivity contribution is 14.1. The van der Waals surface area contributed by atoms with Crippen LogP contribution in [0.4, 0.5) is 0 Å². The van der Waals surface area contributed by atoms with E-state index in [0.717, 1.165) is 20.4 Å². The minimum Gasteiger partial charge on any atom is -0.497 e. The van der Waals surface area contributed by atoms with Crippen molar-refractivity contribution < 1.29 is 19.0 Å². The molecule has 0 spiro atoms. The number of hydrogen-bond donors (Lipinski definition) is 0. The predicted molar refractivity (Wildman–Crippen MR) is 139 cm³/mol. The molecule has 0 saturated carbocycles. The van der Waals surface area contributed by atoms with E-state index >= 15 is 0 Å². The van der Waals surface area contributed by atoms with Crippen molar-refractivity contribution in [1.29, 1.82) is 0 Å². The summed E-state index contributed by atoms with van der Waals surface area (Å²) in [5, 5.41) is 0. The van der Waals surface area contributed by atoms with Gasteiger partial charge >= 0.3 is 5.97 Å². The number of methoxy groups -OCH3 is 2. The van der Waals surface area contributed by atoms with E-state index in [2.05, 4.69) is 27.6 Å². The summed E-state index contributed by atoms with van der Waals surface area (Å²) in [4.78, 5) is 31.7. The molecule has 176 valence electrons. The van der Waals surface area contributed by atoms with Crippen LogP contribution in [0.15, 0.2) is 63.5 Å². The van der Waals surface area contributed by atoms with Gasteiger partial charge in [-0.1, -0.05) is 29.5 Å². The number of thiazole rings is 1. The van der Waals surface area contributed by atoms with E-state index in [1.54, 1.807) is 32.6 Å². The normalized spacial score (nSPS) is 15.6. The smallest absolute Gasteiger partial charge is 0.338 e. The Balaban J connectivity index is 1.92. The van der Waals surface area contributed by atoms with Crippen LogP contribution in [0.1, 0.15) is 31.0 Å². The third kappa shape index (κ3) is 4.54. The number of carbonyl (C=O) groups is 1. The fourth-order valence-corrected chi connectivity index (χ4v) is 5.62. The molecule has 2 heterocycles. The van der Waals surface area contributed by atoms with Crippen LogP contribution in [-0.2, 0) is 9.53 Å². The van der Waals surface area contributed by atoms with E-state index in [4.69, 9.17) is 14.2 Å². The Labute approximate surface area is 214 Å². The topological polar surface area (TPSA) is 79.1 Å². The highest BCUT2D eigenvalue weighted by Crippen LogP contribution is 2.31. The summed E-state index contributed by atoms with van der Waals surface area (Å²) in [5.74, 6) is 0.973. The van der Waals surface area contributed by atoms with Crippen LogP contribution >= 0.6 is 33.9 Å². The number of ether oxygens (including phenoxy) is 3. The van der Waals surface area contributed by atoms with Crippen LogP contribution in [0.2, 0.25) is 0 Å². The van der Waals surface area contributed by atoms with E-state index in [1.165, 1.54) is 11.3 Å². The van der Waals surface area contributed by atoms with Gasteiger partial charge in [0, 0.05) is 0 Å². The molecule has 1 aliphatic heterocycles. The zero-order chi connectivity index (χ0) is 24.4. The molecule has 0 N–H and O–H groups in total. The largest absolute Gasteiger partial charge is 0.497 e. The third-order valence-corrected chi connectivity index (χ3v) is 7.25. The summed E-state index contributed by atoms with van der Waals surface area (Å²) < 4.78 is 19.0. The first-order valence-corrected chi connectivity index (χ1v) is 12.4. The van der Waals surface area contributed by atoms with E-state index in [0.29, 0.717) is 26.4 Å². The number of hydrogen-bond acceptors (Lipinski definition) is 7. The monoisotopic (exact) mass is 590 g/mol. The molecule has 0 unspecified atom stereocenters. The Morgan fingerprint density at radius 3 is 2.53 bits per heavy atom. The van der Waals surface area contributed by atoms with Crippen LogP contribution in [0, 0.1) is 3.57 Å². The predicted octanol–water partition coefficient (Wildman–Crippen LogP) is 3.42. The van der Waals surface area contributed by atoms with Gasteiger partial charge in [-0.05, 0) is 77.9 Å². The lowest BCUT2D eigenvalue weighted by molar-refractivity contribution is -0.139. The minimum absolute atomic E-state index is 0.218. The molecule has 0 fully saturated rings. The van der Waals surface area contributed by atoms with Crippen molar-refractivity contribution in [2.24, 2.45) is 4.99 Å². The van der Waals surface area contributed by atoms with Crippen molar-refractivity contribution in [3.63, 3.8) is 0 Å². The first kappa shape index (κ1) is 24.2. The zero-order valence-corrected chi connectivity index (χ0v) is 22.1. The zero-order valence-electron chi connectivity index (χ0n) is 19.1. The lowest BCUT2D eigenvalue weighted by Crippen LogP contribution is -2.39. The van der Waals surface area contributed by atoms with Crippen molar-refractivity contribution in [3.8, 4) is 11.5 Å². The summed E-state index contributed by atoms with van der Waals surface area (Å²) >= 11 is 3.49. The van der Waals surface area contributed by atoms with E-state index < -0.39 is 12.0 Å². The summed E-state index contributed by atoms with van der Waals surface area (Å²) in [6.07, 6.45) is 1.83. The van der Waals surface area contributed by atoms with Crippen molar-refractivity contribution in [2.45, 2.75) is 19.9 Å². The fraction of sp³-hybridized carbons (Fsp3) is 0.240. The molecule has 0 aliphatic carbocycles. The molecule has 0 saturated heterocycles. The van der Waals surface area contributed by atoms with E-state index in [9.17, 15) is 9.59 Å². The number of rotatable bonds is 6. The standard InChI is InChI=1S/C25H23IN2O5S/c1-5-33-24(30)21-14(2)27-25-28(22(21)16-7-9-17(31-3)10-8-16)23(29)20(34-25)13-15-6-11-19(32-4)18(26)12-15/h6-13,22H,5H2,1-4H3/b20-13-/t22-/m0/s1. The number of fused-ring (bicyclic) bond motifs is 1. The fourth-order valence-electron chi connectivity index (χ4n) is 3.82. The number of aromatic nitrogens is 1. The highest BCUT2D eigenvalue weighted by Gasteiger charge is 2.33. The van der Waals surface area contributed by atoms with Gasteiger partial charge in [0.25, 0.3) is 5.56 Å². The maximum Gasteiger partial charge on any atom is 0.338 e. The summed E-state index contributed by atoms with van der Waals surface area (Å²) in [6.45, 7) is 3.75. The van der Waals surface area contributed by atoms with Crippen molar-refractivity contribution in [2.75, 3.05) is 20.8 Å². The van der Waals surface area contributed by atoms with Gasteiger partial charge in [-0.3, -0.25) is 9.36 Å². The Morgan fingerprint density at radius 1 is 1.18 bits per heavy atom. The van der Waals surface area contributed by atoms with E-state index in [-0.39, 0.29) is 12.2 Å². The molecule has 7 nitrogen and oxygen atoms in total. The van der Waals surface area contributed by atoms with Crippen molar-refractivity contribution in [1.82, 2.24) is 4.57 Å². The van der Waals surface area contributed by atoms with Crippen molar-refractivity contribution >= 4 is 46.0 Å². The molecule has 0 radical (unpaired) electrons. The molecule has 1 aliphatic rings. The molecule has 0 bridgehead atoms. The van der Waals surface area contributed by atoms with Crippen molar-refractivity contribution in [3.05, 3.63) is 88.1 Å². The number of allylic oxidation sites excluding steroid dienone is 1. The third-order valence-electron chi connectivity index (χ3n) is 5.42. The number of nitrogens with zero attached hydrogens (tertiary/aromatic N) is 2. The SMILES string of the molecule is CCOC(=O)C1=C(C)N=c2s/c(=C\c3ccc(OC)c(I)c3)c(=O)n2[C@H]1c1ccc(OC)cc1. The second-order valence-corrected chi connectivity index (χ2v) is 9.64. The van der Waals surface area contributed by atoms with Crippen LogP contribution in [0.5, 0.6) is 11.5 Å². The van der Waals surface area contributed by atoms with Gasteiger partial charge in [0.2, 0.25) is 0 Å². The van der Waals surface area contributed by atoms with Gasteiger partial charge in [-0.2, -0.15) is 0 Å². The molecular weight excluding hydrogens is 567 g/mol. The van der Waals surface area contributed by atoms with Gasteiger partial charge in [0.05, 0.1) is 46.2 Å². The Morgan fingerprint density at radius 2 is 1.91 bits per heavy atom. The highest BCUT2D eigenvalue weighted by atomic mass is 127. The average molecular weight is 590 g/mol. The lowest BCUT2D eigenvalue weighted by atomic mass is 9.96. The molecule has 0 amide bonds. The molecule has 3 aromatic rings. The van der Waals surface area contributed by atoms with Gasteiger partial charge in [0.1, 0.15) is 11.5 Å². The molecule has 9 heteroatoms. The van der Waals surface area contributed by atoms with Crippen LogP contribution in [-0.4, -0.2) is 31.4 Å². The molecule has 4 rings (SSSR count). The molecule has 34 heavy (non-hydrogen) atoms. The Kier molecular flexibility index (Phi) is 7.22. The second-order valence-electron chi connectivity index (χ2n) is 7.47. The lowest BCUT2D eigenvalue weighted by Gasteiger charge is -2.24. The first-order chi connectivity index (χ1) is 16.4. The van der Waals surface area contributed by atoms with Gasteiger partial charge in [-0.15, -0.1) is 0 Å². The Bertz CT molecular complexity index is 1450. The van der Waals surface area contributed by atoms with Crippen LogP contribution in [0.3, 0.4) is 0 Å². The Hall–Kier alpha value is -2.92. The van der Waals surface area contributed by atoms with Gasteiger partial charge in [-0.25, -0.2) is 9.79 Å². The van der Waals surface area contributed by atoms with Crippen LogP contribution in [0.25, 0.3) is 6.08 Å². The van der Waals surface area contributed by atoms with E-state index in [1.807, 2.05) is 48.5 Å². The van der Waals surface area contributed by atoms with Gasteiger partial charge in [0.15, 0.2) is 4.80 Å². The second kappa shape index (κ2) is 10.1. The molecular formula is C25H23IN2O5S. The maximum atomic E-state index is 13.6.